The molecule has 79 heavy (non-hydrogen) atoms. The predicted octanol–water partition coefficient (Wildman–Crippen LogP) is 17.2. The first-order chi connectivity index (χ1) is 38.6. The summed E-state index contributed by atoms with van der Waals surface area (Å²) in [5.41, 5.74) is 0. The number of hydrogen-bond acceptors (Lipinski definition) is 8. The van der Waals surface area contributed by atoms with Crippen LogP contribution >= 0.6 is 0 Å². The molecule has 0 aromatic rings. The van der Waals surface area contributed by atoms with E-state index in [1.165, 1.54) is 38.5 Å². The van der Waals surface area contributed by atoms with E-state index in [9.17, 15) is 19.5 Å². The minimum absolute atomic E-state index is 0.131. The summed E-state index contributed by atoms with van der Waals surface area (Å²) in [5.74, 6) is -2.35. The summed E-state index contributed by atoms with van der Waals surface area (Å²) in [6, 6.07) is 0. The molecule has 0 aromatic carbocycles. The van der Waals surface area contributed by atoms with Crippen LogP contribution in [0.4, 0.5) is 0 Å². The largest absolute Gasteiger partial charge is 0.545 e. The monoisotopic (exact) mass is 1090 g/mol. The lowest BCUT2D eigenvalue weighted by atomic mass is 10.1. The van der Waals surface area contributed by atoms with E-state index in [1.54, 1.807) is 0 Å². The Hall–Kier alpha value is -5.09. The molecule has 444 valence electrons. The van der Waals surface area contributed by atoms with Gasteiger partial charge in [-0.3, -0.25) is 9.59 Å². The van der Waals surface area contributed by atoms with Gasteiger partial charge in [-0.15, -0.1) is 0 Å². The van der Waals surface area contributed by atoms with Crippen molar-refractivity contribution in [1.82, 2.24) is 0 Å². The Morgan fingerprint density at radius 1 is 0.380 bits per heavy atom. The van der Waals surface area contributed by atoms with Gasteiger partial charge in [0.2, 0.25) is 0 Å². The van der Waals surface area contributed by atoms with Gasteiger partial charge in [0.05, 0.1) is 40.3 Å². The molecule has 0 N–H and O–H groups in total. The van der Waals surface area contributed by atoms with Crippen molar-refractivity contribution in [2.45, 2.75) is 219 Å². The van der Waals surface area contributed by atoms with E-state index in [-0.39, 0.29) is 38.6 Å². The number of carbonyl (C=O) groups excluding carboxylic acids is 3. The lowest BCUT2D eigenvalue weighted by Crippen LogP contribution is -2.44. The molecule has 0 aliphatic heterocycles. The predicted molar refractivity (Wildman–Crippen MR) is 333 cm³/mol. The molecule has 0 saturated heterocycles. The number of carboxylic acid groups (broad SMARTS) is 1. The van der Waals surface area contributed by atoms with Gasteiger partial charge in [0.25, 0.3) is 0 Å². The first-order valence-corrected chi connectivity index (χ1v) is 30.6. The van der Waals surface area contributed by atoms with Crippen LogP contribution in [-0.4, -0.2) is 82.3 Å². The van der Waals surface area contributed by atoms with E-state index in [4.69, 9.17) is 18.9 Å². The molecule has 0 fully saturated rings. The van der Waals surface area contributed by atoms with Crippen LogP contribution < -0.4 is 5.11 Å². The molecule has 0 saturated carbocycles. The number of hydrogen-bond donors (Lipinski definition) is 0. The molecule has 9 heteroatoms. The van der Waals surface area contributed by atoms with Gasteiger partial charge in [0.15, 0.2) is 12.4 Å². The fourth-order valence-corrected chi connectivity index (χ4v) is 7.64. The molecule has 2 unspecified atom stereocenters. The number of aliphatic carboxylic acids is 1. The zero-order valence-corrected chi connectivity index (χ0v) is 50.4. The van der Waals surface area contributed by atoms with E-state index in [0.29, 0.717) is 17.4 Å². The molecule has 9 nitrogen and oxygen atoms in total. The number of rotatable bonds is 54. The summed E-state index contributed by atoms with van der Waals surface area (Å²) in [4.78, 5) is 37.4. The lowest BCUT2D eigenvalue weighted by molar-refractivity contribution is -0.870. The molecule has 2 atom stereocenters. The topological polar surface area (TPSA) is 111 Å². The SMILES string of the molecule is CC/C=C\C/C=C\C/C=C\C/C=C\C/C=C\C/C=C\C/C=C\C/C=C\C/C=C\CCCCCC(=O)OC(COC(=O)CCCCCCCCCCCC/C=C\C/C=C\C/C=C\C/C=C\CC)COC(OCC[N+](C)(C)C)C(=O)[O-]. The van der Waals surface area contributed by atoms with E-state index in [0.717, 1.165) is 135 Å². The summed E-state index contributed by atoms with van der Waals surface area (Å²) >= 11 is 0. The zero-order chi connectivity index (χ0) is 57.6. The van der Waals surface area contributed by atoms with Gasteiger partial charge in [0.1, 0.15) is 13.2 Å². The Kier molecular flexibility index (Phi) is 55.2. The minimum Gasteiger partial charge on any atom is -0.545 e. The Morgan fingerprint density at radius 3 is 1.03 bits per heavy atom. The van der Waals surface area contributed by atoms with Crippen LogP contribution in [0.15, 0.2) is 158 Å². The molecular weight excluding hydrogens is 983 g/mol. The van der Waals surface area contributed by atoms with Gasteiger partial charge in [-0.05, 0) is 122 Å². The first-order valence-electron chi connectivity index (χ1n) is 30.6. The van der Waals surface area contributed by atoms with Crippen LogP contribution in [0, 0.1) is 0 Å². The van der Waals surface area contributed by atoms with Gasteiger partial charge in [0, 0.05) is 12.8 Å². The second-order valence-corrected chi connectivity index (χ2v) is 20.9. The van der Waals surface area contributed by atoms with Crippen molar-refractivity contribution in [2.24, 2.45) is 0 Å². The average Bonchev–Trinajstić information content (AvgIpc) is 3.42. The van der Waals surface area contributed by atoms with Crippen LogP contribution in [0.3, 0.4) is 0 Å². The summed E-state index contributed by atoms with van der Waals surface area (Å²) in [7, 11) is 5.90. The van der Waals surface area contributed by atoms with E-state index in [1.807, 2.05) is 21.1 Å². The van der Waals surface area contributed by atoms with Crippen molar-refractivity contribution in [3.8, 4) is 0 Å². The normalized spacial score (nSPS) is 13.9. The number of allylic oxidation sites excluding steroid dienone is 26. The minimum atomic E-state index is -1.64. The number of quaternary nitrogens is 1. The second-order valence-electron chi connectivity index (χ2n) is 20.9. The summed E-state index contributed by atoms with van der Waals surface area (Å²) in [6.07, 6.45) is 84.3. The summed E-state index contributed by atoms with van der Waals surface area (Å²) in [6.45, 7) is 4.45. The maximum absolute atomic E-state index is 12.9. The Morgan fingerprint density at radius 2 is 0.684 bits per heavy atom. The molecule has 0 aliphatic carbocycles. The third-order valence-electron chi connectivity index (χ3n) is 12.3. The van der Waals surface area contributed by atoms with Crippen molar-refractivity contribution in [2.75, 3.05) is 47.5 Å². The molecule has 0 aliphatic rings. The van der Waals surface area contributed by atoms with Crippen molar-refractivity contribution >= 4 is 17.9 Å². The molecule has 0 aromatic heterocycles. The molecule has 0 radical (unpaired) electrons. The highest BCUT2D eigenvalue weighted by atomic mass is 16.7. The highest BCUT2D eigenvalue weighted by Gasteiger charge is 2.22. The molecule has 0 bridgehead atoms. The maximum Gasteiger partial charge on any atom is 0.306 e. The zero-order valence-electron chi connectivity index (χ0n) is 50.4. The molecular formula is C70H111NO8. The number of carboxylic acids is 1. The fourth-order valence-electron chi connectivity index (χ4n) is 7.64. The molecule has 0 heterocycles. The quantitative estimate of drug-likeness (QED) is 0.0195. The van der Waals surface area contributed by atoms with Gasteiger partial charge in [-0.2, -0.15) is 0 Å². The third kappa shape index (κ3) is 60.4. The second kappa shape index (κ2) is 59.0. The highest BCUT2D eigenvalue weighted by Crippen LogP contribution is 2.14. The van der Waals surface area contributed by atoms with Gasteiger partial charge in [-0.25, -0.2) is 0 Å². The van der Waals surface area contributed by atoms with Crippen LogP contribution in [-0.2, 0) is 33.3 Å². The lowest BCUT2D eigenvalue weighted by Gasteiger charge is -2.26. The first kappa shape index (κ1) is 73.9. The number of ether oxygens (including phenoxy) is 4. The van der Waals surface area contributed by atoms with E-state index < -0.39 is 24.3 Å². The van der Waals surface area contributed by atoms with Crippen LogP contribution in [0.25, 0.3) is 0 Å². The Bertz CT molecular complexity index is 1850. The Balaban J connectivity index is 4.35. The summed E-state index contributed by atoms with van der Waals surface area (Å²) < 4.78 is 22.7. The number of esters is 2. The fraction of sp³-hybridized carbons (Fsp3) is 0.586. The van der Waals surface area contributed by atoms with Gasteiger partial charge < -0.3 is 33.3 Å². The average molecular weight is 1090 g/mol. The van der Waals surface area contributed by atoms with Crippen molar-refractivity contribution in [3.63, 3.8) is 0 Å². The van der Waals surface area contributed by atoms with Crippen LogP contribution in [0.5, 0.6) is 0 Å². The van der Waals surface area contributed by atoms with Crippen molar-refractivity contribution in [1.29, 1.82) is 0 Å². The highest BCUT2D eigenvalue weighted by molar-refractivity contribution is 5.70. The number of unbranched alkanes of at least 4 members (excludes halogenated alkanes) is 13. The van der Waals surface area contributed by atoms with Crippen molar-refractivity contribution in [3.05, 3.63) is 158 Å². The molecule has 0 rings (SSSR count). The van der Waals surface area contributed by atoms with Crippen LogP contribution in [0.2, 0.25) is 0 Å². The number of likely N-dealkylation sites (N-methyl/N-ethyl adjacent to an activating group) is 1. The summed E-state index contributed by atoms with van der Waals surface area (Å²) in [5, 5.41) is 11.8. The maximum atomic E-state index is 12.9. The van der Waals surface area contributed by atoms with Gasteiger partial charge >= 0.3 is 11.9 Å². The number of nitrogens with zero attached hydrogens (tertiary/aromatic N) is 1. The van der Waals surface area contributed by atoms with E-state index in [2.05, 4.69) is 172 Å². The Labute approximate surface area is 483 Å². The van der Waals surface area contributed by atoms with Gasteiger partial charge in [-0.1, -0.05) is 230 Å². The number of carbonyl (C=O) groups is 3. The smallest absolute Gasteiger partial charge is 0.306 e. The molecule has 0 amide bonds. The third-order valence-corrected chi connectivity index (χ3v) is 12.3. The van der Waals surface area contributed by atoms with Crippen molar-refractivity contribution < 1.29 is 42.9 Å². The van der Waals surface area contributed by atoms with E-state index >= 15 is 0 Å². The van der Waals surface area contributed by atoms with Crippen LogP contribution in [0.1, 0.15) is 206 Å². The standard InChI is InChI=1S/C70H111NO8/c1-6-8-10-12-14-16-18-20-22-24-26-28-30-31-32-33-34-35-36-37-39-41-43-45-47-49-51-53-55-57-59-61-68(73)79-66(65-78-70(69(74)75)76-63-62-71(3,4)5)64-77-67(72)60-58-56-54-52-50-48-46-44-42-40-38-29-27-25-23-21-19-17-15-13-11-9-7-2/h8-11,14-17,20-23,26-29,31-32,34-35,37,39,43,45,49,51,66,70H,6-7,12-13,18-19,24-25,30,33,36,38,40-42,44,46-48,50,52-65H2,1-5H3/b10-8-,11-9-,16-14-,17-15-,22-20-,23-21-,28-26-,29-27-,32-31-,35-34-,39-37-,45-43-,51-49-. The molecule has 0 spiro atoms.